The van der Waals surface area contributed by atoms with E-state index in [9.17, 15) is 14.7 Å². The van der Waals surface area contributed by atoms with Crippen LogP contribution in [0.4, 0.5) is 0 Å². The van der Waals surface area contributed by atoms with E-state index in [2.05, 4.69) is 31.9 Å². The van der Waals surface area contributed by atoms with Gasteiger partial charge in [-0.3, -0.25) is 4.79 Å². The zero-order valence-electron chi connectivity index (χ0n) is 9.29. The molecule has 0 amide bonds. The molecule has 0 saturated heterocycles. The van der Waals surface area contributed by atoms with Crippen LogP contribution < -0.4 is 5.63 Å². The molecule has 2 aromatic rings. The number of ketones is 1. The topological polar surface area (TPSA) is 67.5 Å². The standard InChI is InChI=1S/C12H8Br2O4/c1-5-6-2-3-7(15)9(8(16)4-13)11(6)18-12(17)10(5)14/h2-3,15H,4H2,1H3. The maximum absolute atomic E-state index is 11.8. The first-order valence-electron chi connectivity index (χ1n) is 5.01. The van der Waals surface area contributed by atoms with Gasteiger partial charge in [0.1, 0.15) is 15.8 Å². The molecule has 0 unspecified atom stereocenters. The van der Waals surface area contributed by atoms with Gasteiger partial charge in [0.15, 0.2) is 11.4 Å². The number of Topliss-reactive ketones (excluding diaryl/α,β-unsaturated/α-hetero) is 1. The number of alkyl halides is 1. The van der Waals surface area contributed by atoms with E-state index in [0.29, 0.717) is 15.4 Å². The van der Waals surface area contributed by atoms with Crippen LogP contribution in [0.25, 0.3) is 11.0 Å². The van der Waals surface area contributed by atoms with Crippen LogP contribution in [-0.4, -0.2) is 16.2 Å². The minimum atomic E-state index is -0.575. The lowest BCUT2D eigenvalue weighted by Crippen LogP contribution is -2.07. The van der Waals surface area contributed by atoms with Crippen molar-refractivity contribution in [2.75, 3.05) is 5.33 Å². The summed E-state index contributed by atoms with van der Waals surface area (Å²) in [5, 5.41) is 10.4. The van der Waals surface area contributed by atoms with E-state index < -0.39 is 5.63 Å². The second-order valence-corrected chi connectivity index (χ2v) is 5.08. The molecule has 0 aliphatic heterocycles. The van der Waals surface area contributed by atoms with Gasteiger partial charge in [0, 0.05) is 5.39 Å². The van der Waals surface area contributed by atoms with Crippen molar-refractivity contribution in [1.82, 2.24) is 0 Å². The van der Waals surface area contributed by atoms with Gasteiger partial charge in [-0.25, -0.2) is 4.79 Å². The number of carbonyl (C=O) groups is 1. The van der Waals surface area contributed by atoms with Crippen LogP contribution >= 0.6 is 31.9 Å². The Labute approximate surface area is 119 Å². The average molecular weight is 376 g/mol. The first-order valence-corrected chi connectivity index (χ1v) is 6.93. The van der Waals surface area contributed by atoms with Crippen LogP contribution in [0.5, 0.6) is 5.75 Å². The highest BCUT2D eigenvalue weighted by Gasteiger charge is 2.19. The molecule has 0 fully saturated rings. The van der Waals surface area contributed by atoms with Crippen LogP contribution in [0.15, 0.2) is 25.8 Å². The molecule has 0 radical (unpaired) electrons. The Morgan fingerprint density at radius 1 is 1.44 bits per heavy atom. The van der Waals surface area contributed by atoms with Crippen molar-refractivity contribution in [2.45, 2.75) is 6.92 Å². The van der Waals surface area contributed by atoms with E-state index in [0.717, 1.165) is 0 Å². The van der Waals surface area contributed by atoms with Crippen LogP contribution in [0.2, 0.25) is 0 Å². The van der Waals surface area contributed by atoms with E-state index >= 15 is 0 Å². The quantitative estimate of drug-likeness (QED) is 0.497. The van der Waals surface area contributed by atoms with Gasteiger partial charge < -0.3 is 9.52 Å². The minimum Gasteiger partial charge on any atom is -0.507 e. The van der Waals surface area contributed by atoms with Gasteiger partial charge >= 0.3 is 5.63 Å². The van der Waals surface area contributed by atoms with Gasteiger partial charge in [-0.05, 0) is 40.5 Å². The second kappa shape index (κ2) is 4.85. The van der Waals surface area contributed by atoms with Crippen molar-refractivity contribution in [3.63, 3.8) is 0 Å². The van der Waals surface area contributed by atoms with Crippen molar-refractivity contribution >= 4 is 48.6 Å². The molecule has 1 aromatic carbocycles. The maximum atomic E-state index is 11.8. The number of phenolic OH excluding ortho intramolecular Hbond substituents is 1. The van der Waals surface area contributed by atoms with Gasteiger partial charge in [0.05, 0.1) is 5.33 Å². The number of hydrogen-bond donors (Lipinski definition) is 1. The monoisotopic (exact) mass is 374 g/mol. The predicted octanol–water partition coefficient (Wildman–Crippen LogP) is 3.15. The SMILES string of the molecule is Cc1c(Br)c(=O)oc2c(C(=O)CBr)c(O)ccc12. The third-order valence-electron chi connectivity index (χ3n) is 2.64. The molecule has 18 heavy (non-hydrogen) atoms. The van der Waals surface area contributed by atoms with Crippen molar-refractivity contribution in [3.8, 4) is 5.75 Å². The summed E-state index contributed by atoms with van der Waals surface area (Å²) in [6.07, 6.45) is 0. The first-order chi connectivity index (χ1) is 8.47. The van der Waals surface area contributed by atoms with Gasteiger partial charge in [0.2, 0.25) is 0 Å². The molecule has 0 aliphatic rings. The Kier molecular flexibility index (Phi) is 3.59. The highest BCUT2D eigenvalue weighted by atomic mass is 79.9. The Morgan fingerprint density at radius 3 is 2.72 bits per heavy atom. The predicted molar refractivity (Wildman–Crippen MR) is 74.7 cm³/mol. The fourth-order valence-corrected chi connectivity index (χ4v) is 2.29. The Morgan fingerprint density at radius 2 is 2.11 bits per heavy atom. The molecule has 2 rings (SSSR count). The Bertz CT molecular complexity index is 703. The minimum absolute atomic E-state index is 0.0251. The highest BCUT2D eigenvalue weighted by molar-refractivity contribution is 9.10. The molecular formula is C12H8Br2O4. The zero-order chi connectivity index (χ0) is 13.4. The fourth-order valence-electron chi connectivity index (χ4n) is 1.72. The molecule has 0 spiro atoms. The number of rotatable bonds is 2. The largest absolute Gasteiger partial charge is 0.507 e. The third-order valence-corrected chi connectivity index (χ3v) is 4.07. The lowest BCUT2D eigenvalue weighted by Gasteiger charge is -2.08. The van der Waals surface area contributed by atoms with Gasteiger partial charge in [-0.2, -0.15) is 0 Å². The molecule has 1 aromatic heterocycles. The molecule has 6 heteroatoms. The smallest absolute Gasteiger partial charge is 0.350 e. The summed E-state index contributed by atoms with van der Waals surface area (Å²) in [7, 11) is 0. The van der Waals surface area contributed by atoms with Crippen molar-refractivity contribution in [1.29, 1.82) is 0 Å². The first kappa shape index (κ1) is 13.3. The van der Waals surface area contributed by atoms with Crippen LogP contribution in [-0.2, 0) is 0 Å². The number of hydrogen-bond acceptors (Lipinski definition) is 4. The van der Waals surface area contributed by atoms with Gasteiger partial charge in [-0.1, -0.05) is 15.9 Å². The third kappa shape index (κ3) is 1.99. The van der Waals surface area contributed by atoms with Gasteiger partial charge in [0.25, 0.3) is 0 Å². The van der Waals surface area contributed by atoms with E-state index in [1.807, 2.05) is 0 Å². The molecular weight excluding hydrogens is 368 g/mol. The second-order valence-electron chi connectivity index (χ2n) is 3.72. The van der Waals surface area contributed by atoms with E-state index in [1.165, 1.54) is 6.07 Å². The Balaban J connectivity index is 2.98. The average Bonchev–Trinajstić information content (AvgIpc) is 2.35. The summed E-state index contributed by atoms with van der Waals surface area (Å²) >= 11 is 6.17. The number of benzene rings is 1. The summed E-state index contributed by atoms with van der Waals surface area (Å²) in [5.74, 6) is -0.542. The molecule has 0 aliphatic carbocycles. The lowest BCUT2D eigenvalue weighted by atomic mass is 10.0. The maximum Gasteiger partial charge on any atom is 0.350 e. The number of aromatic hydroxyl groups is 1. The summed E-state index contributed by atoms with van der Waals surface area (Å²) in [6, 6.07) is 3.02. The molecule has 0 bridgehead atoms. The van der Waals surface area contributed by atoms with Crippen LogP contribution in [0, 0.1) is 6.92 Å². The molecule has 4 nitrogen and oxygen atoms in total. The summed E-state index contributed by atoms with van der Waals surface area (Å²) in [6.45, 7) is 1.74. The number of aryl methyl sites for hydroxylation is 1. The summed E-state index contributed by atoms with van der Waals surface area (Å²) < 4.78 is 5.42. The van der Waals surface area contributed by atoms with Crippen molar-refractivity contribution < 1.29 is 14.3 Å². The van der Waals surface area contributed by atoms with Gasteiger partial charge in [-0.15, -0.1) is 0 Å². The highest BCUT2D eigenvalue weighted by Crippen LogP contribution is 2.31. The van der Waals surface area contributed by atoms with E-state index in [1.54, 1.807) is 13.0 Å². The Hall–Kier alpha value is -1.14. The van der Waals surface area contributed by atoms with Crippen molar-refractivity contribution in [3.05, 3.63) is 38.2 Å². The summed E-state index contributed by atoms with van der Waals surface area (Å²) in [5.41, 5.74) is 0.237. The normalized spacial score (nSPS) is 10.8. The lowest BCUT2D eigenvalue weighted by molar-refractivity contribution is 0.102. The molecule has 0 atom stereocenters. The van der Waals surface area contributed by atoms with Crippen molar-refractivity contribution in [2.24, 2.45) is 0 Å². The van der Waals surface area contributed by atoms with Crippen LogP contribution in [0.3, 0.4) is 0 Å². The van der Waals surface area contributed by atoms with E-state index in [-0.39, 0.29) is 28.0 Å². The number of phenols is 1. The number of carbonyl (C=O) groups excluding carboxylic acids is 1. The number of halogens is 2. The number of fused-ring (bicyclic) bond motifs is 1. The fraction of sp³-hybridized carbons (Fsp3) is 0.167. The zero-order valence-corrected chi connectivity index (χ0v) is 12.5. The molecule has 1 heterocycles. The molecule has 94 valence electrons. The van der Waals surface area contributed by atoms with E-state index in [4.69, 9.17) is 4.42 Å². The van der Waals surface area contributed by atoms with Crippen LogP contribution in [0.1, 0.15) is 15.9 Å². The summed E-state index contributed by atoms with van der Waals surface area (Å²) in [4.78, 5) is 23.4. The molecule has 1 N–H and O–H groups in total. The molecule has 0 saturated carbocycles.